The van der Waals surface area contributed by atoms with Crippen molar-refractivity contribution in [3.05, 3.63) is 40.9 Å². The molecule has 1 aromatic heterocycles. The summed E-state index contributed by atoms with van der Waals surface area (Å²) in [6.07, 6.45) is 3.48. The Hall–Kier alpha value is -1.55. The predicted octanol–water partition coefficient (Wildman–Crippen LogP) is 3.44. The topological polar surface area (TPSA) is 76.4 Å². The minimum Gasteiger partial charge on any atom is -0.493 e. The number of hydrogen-bond acceptors (Lipinski definition) is 4. The third-order valence-electron chi connectivity index (χ3n) is 3.97. The molecule has 0 radical (unpaired) electrons. The number of aryl methyl sites for hydroxylation is 2. The van der Waals surface area contributed by atoms with Crippen LogP contribution in [0.15, 0.2) is 29.5 Å². The first kappa shape index (κ1) is 24.5. The number of hydrogen-bond donors (Lipinski definition) is 2. The molecule has 1 heterocycles. The van der Waals surface area contributed by atoms with Crippen molar-refractivity contribution in [2.24, 2.45) is 4.99 Å². The van der Waals surface area contributed by atoms with E-state index in [1.165, 1.54) is 0 Å². The average Bonchev–Trinajstić information content (AvgIpc) is 3.10. The number of aliphatic imine (C=N–C) groups is 1. The Bertz CT molecular complexity index is 737. The molecular weight excluding hydrogens is 491 g/mol. The molecule has 0 atom stereocenters. The normalized spacial score (nSPS) is 11.1. The molecule has 0 aliphatic carbocycles. The zero-order valence-electron chi connectivity index (χ0n) is 16.7. The molecule has 0 aliphatic rings. The second-order valence-electron chi connectivity index (χ2n) is 6.09. The molecule has 2 aromatic rings. The Balaban J connectivity index is 0.00000392. The van der Waals surface area contributed by atoms with Crippen molar-refractivity contribution in [2.45, 2.75) is 40.2 Å². The number of benzene rings is 1. The van der Waals surface area contributed by atoms with Crippen LogP contribution in [-0.4, -0.2) is 47.0 Å². The molecule has 0 bridgehead atoms. The molecule has 0 saturated heterocycles. The Morgan fingerprint density at radius 1 is 1.29 bits per heavy atom. The van der Waals surface area contributed by atoms with Crippen LogP contribution in [0.4, 0.5) is 0 Å². The van der Waals surface area contributed by atoms with E-state index in [1.807, 2.05) is 25.1 Å². The number of ether oxygens (including phenoxy) is 1. The van der Waals surface area contributed by atoms with E-state index in [9.17, 15) is 0 Å². The van der Waals surface area contributed by atoms with Gasteiger partial charge in [0.2, 0.25) is 0 Å². The number of nitrogens with one attached hydrogen (secondary N) is 2. The summed E-state index contributed by atoms with van der Waals surface area (Å²) in [5.41, 5.74) is 1.04. The van der Waals surface area contributed by atoms with E-state index in [1.54, 1.807) is 6.33 Å². The van der Waals surface area contributed by atoms with Crippen molar-refractivity contribution in [2.75, 3.05) is 26.2 Å². The summed E-state index contributed by atoms with van der Waals surface area (Å²) in [6, 6.07) is 5.65. The lowest BCUT2D eigenvalue weighted by Crippen LogP contribution is -2.39. The standard InChI is InChI=1S/C19H29ClN6O.HI/c1-4-18-25-24-14-26(18)11-10-23-19(21-5-2)22-9-6-12-27-17-8-7-16(20)13-15(17)3;/h7-8,13-14H,4-6,9-12H2,1-3H3,(H2,21,22,23);1H. The van der Waals surface area contributed by atoms with Gasteiger partial charge in [0.25, 0.3) is 0 Å². The van der Waals surface area contributed by atoms with E-state index in [0.29, 0.717) is 13.2 Å². The van der Waals surface area contributed by atoms with E-state index < -0.39 is 0 Å². The summed E-state index contributed by atoms with van der Waals surface area (Å²) in [5, 5.41) is 15.4. The molecule has 0 spiro atoms. The van der Waals surface area contributed by atoms with Crippen molar-refractivity contribution in [1.29, 1.82) is 0 Å². The van der Waals surface area contributed by atoms with Gasteiger partial charge in [-0.1, -0.05) is 18.5 Å². The fourth-order valence-electron chi connectivity index (χ4n) is 2.59. The number of halogens is 2. The second kappa shape index (κ2) is 13.6. The Morgan fingerprint density at radius 2 is 2.11 bits per heavy atom. The molecule has 7 nitrogen and oxygen atoms in total. The smallest absolute Gasteiger partial charge is 0.191 e. The van der Waals surface area contributed by atoms with E-state index in [0.717, 1.165) is 60.6 Å². The highest BCUT2D eigenvalue weighted by Gasteiger charge is 2.03. The van der Waals surface area contributed by atoms with Gasteiger partial charge in [-0.15, -0.1) is 34.2 Å². The molecule has 0 aliphatic heterocycles. The molecule has 0 unspecified atom stereocenters. The van der Waals surface area contributed by atoms with Gasteiger partial charge in [0.1, 0.15) is 17.9 Å². The number of guanidine groups is 1. The Labute approximate surface area is 189 Å². The van der Waals surface area contributed by atoms with Gasteiger partial charge < -0.3 is 19.9 Å². The maximum absolute atomic E-state index is 5.96. The molecular formula is C19H30ClIN6O. The lowest BCUT2D eigenvalue weighted by Gasteiger charge is -2.12. The molecule has 0 saturated carbocycles. The summed E-state index contributed by atoms with van der Waals surface area (Å²) in [5.74, 6) is 2.67. The molecule has 1 aromatic carbocycles. The summed E-state index contributed by atoms with van der Waals surface area (Å²) < 4.78 is 7.86. The average molecular weight is 521 g/mol. The molecule has 2 rings (SSSR count). The minimum atomic E-state index is 0. The SMILES string of the molecule is CCNC(=NCCCOc1ccc(Cl)cc1C)NCCn1cnnc1CC.I. The van der Waals surface area contributed by atoms with Crippen LogP contribution in [0, 0.1) is 6.92 Å². The predicted molar refractivity (Wildman–Crippen MR) is 125 cm³/mol. The maximum atomic E-state index is 5.96. The van der Waals surface area contributed by atoms with Crippen LogP contribution in [0.25, 0.3) is 0 Å². The van der Waals surface area contributed by atoms with Gasteiger partial charge in [-0.25, -0.2) is 0 Å². The highest BCUT2D eigenvalue weighted by atomic mass is 127. The fourth-order valence-corrected chi connectivity index (χ4v) is 2.81. The van der Waals surface area contributed by atoms with Crippen LogP contribution in [-0.2, 0) is 13.0 Å². The third kappa shape index (κ3) is 8.22. The Morgan fingerprint density at radius 3 is 2.82 bits per heavy atom. The van der Waals surface area contributed by atoms with Crippen LogP contribution >= 0.6 is 35.6 Å². The first-order valence-corrected chi connectivity index (χ1v) is 9.79. The van der Waals surface area contributed by atoms with Crippen LogP contribution in [0.1, 0.15) is 31.7 Å². The van der Waals surface area contributed by atoms with Gasteiger partial charge in [0, 0.05) is 44.0 Å². The van der Waals surface area contributed by atoms with E-state index in [2.05, 4.69) is 44.2 Å². The maximum Gasteiger partial charge on any atom is 0.191 e. The summed E-state index contributed by atoms with van der Waals surface area (Å²) in [7, 11) is 0. The van der Waals surface area contributed by atoms with E-state index in [-0.39, 0.29) is 24.0 Å². The van der Waals surface area contributed by atoms with E-state index >= 15 is 0 Å². The number of nitrogens with zero attached hydrogens (tertiary/aromatic N) is 4. The highest BCUT2D eigenvalue weighted by Crippen LogP contribution is 2.21. The van der Waals surface area contributed by atoms with Crippen LogP contribution in [0.5, 0.6) is 5.75 Å². The number of aromatic nitrogens is 3. The summed E-state index contributed by atoms with van der Waals surface area (Å²) >= 11 is 5.96. The minimum absolute atomic E-state index is 0. The van der Waals surface area contributed by atoms with Gasteiger partial charge >= 0.3 is 0 Å². The first-order valence-electron chi connectivity index (χ1n) is 9.41. The van der Waals surface area contributed by atoms with Crippen molar-refractivity contribution in [3.63, 3.8) is 0 Å². The van der Waals surface area contributed by atoms with Gasteiger partial charge in [-0.3, -0.25) is 4.99 Å². The lowest BCUT2D eigenvalue weighted by molar-refractivity contribution is 0.311. The van der Waals surface area contributed by atoms with Gasteiger partial charge in [-0.2, -0.15) is 0 Å². The van der Waals surface area contributed by atoms with Crippen LogP contribution < -0.4 is 15.4 Å². The van der Waals surface area contributed by atoms with Crippen molar-refractivity contribution in [1.82, 2.24) is 25.4 Å². The monoisotopic (exact) mass is 520 g/mol. The molecule has 0 amide bonds. The third-order valence-corrected chi connectivity index (χ3v) is 4.20. The molecule has 0 fully saturated rings. The number of rotatable bonds is 10. The largest absolute Gasteiger partial charge is 0.493 e. The van der Waals surface area contributed by atoms with Gasteiger partial charge in [0.15, 0.2) is 5.96 Å². The zero-order valence-corrected chi connectivity index (χ0v) is 19.8. The van der Waals surface area contributed by atoms with E-state index in [4.69, 9.17) is 16.3 Å². The molecule has 9 heteroatoms. The van der Waals surface area contributed by atoms with Crippen molar-refractivity contribution >= 4 is 41.5 Å². The molecule has 2 N–H and O–H groups in total. The van der Waals surface area contributed by atoms with Crippen LogP contribution in [0.3, 0.4) is 0 Å². The summed E-state index contributed by atoms with van der Waals surface area (Å²) in [4.78, 5) is 4.60. The molecule has 156 valence electrons. The van der Waals surface area contributed by atoms with Crippen molar-refractivity contribution in [3.8, 4) is 5.75 Å². The van der Waals surface area contributed by atoms with Gasteiger partial charge in [0.05, 0.1) is 6.61 Å². The Kier molecular flexibility index (Phi) is 11.9. The zero-order chi connectivity index (χ0) is 19.5. The quantitative estimate of drug-likeness (QED) is 0.217. The second-order valence-corrected chi connectivity index (χ2v) is 6.53. The van der Waals surface area contributed by atoms with Gasteiger partial charge in [-0.05, 0) is 37.6 Å². The highest BCUT2D eigenvalue weighted by molar-refractivity contribution is 14.0. The molecule has 28 heavy (non-hydrogen) atoms. The first-order chi connectivity index (χ1) is 13.1. The van der Waals surface area contributed by atoms with Crippen molar-refractivity contribution < 1.29 is 4.74 Å². The lowest BCUT2D eigenvalue weighted by atomic mass is 10.2. The fraction of sp³-hybridized carbons (Fsp3) is 0.526. The van der Waals surface area contributed by atoms with Crippen LogP contribution in [0.2, 0.25) is 5.02 Å². The summed E-state index contributed by atoms with van der Waals surface area (Å²) in [6.45, 7) is 9.81.